The number of rotatable bonds is 4. The number of nitrogens with zero attached hydrogens (tertiary/aromatic N) is 5. The monoisotopic (exact) mass is 491 g/mol. The summed E-state index contributed by atoms with van der Waals surface area (Å²) in [7, 11) is -3.32. The third kappa shape index (κ3) is 4.01. The fraction of sp³-hybridized carbons (Fsp3) is 0.423. The fourth-order valence-corrected chi connectivity index (χ4v) is 5.89. The number of hydrogen-bond donors (Lipinski definition) is 0. The highest BCUT2D eigenvalue weighted by molar-refractivity contribution is 7.90. The van der Waals surface area contributed by atoms with Crippen LogP contribution in [0.25, 0.3) is 11.1 Å². The minimum atomic E-state index is -3.32. The number of pyridine rings is 1. The molecule has 3 aromatic rings. The lowest BCUT2D eigenvalue weighted by molar-refractivity contribution is -0.130. The number of anilines is 2. The molecule has 0 N–H and O–H groups in total. The van der Waals surface area contributed by atoms with Crippen LogP contribution >= 0.6 is 0 Å². The van der Waals surface area contributed by atoms with Gasteiger partial charge in [0.25, 0.3) is 0 Å². The Morgan fingerprint density at radius 2 is 1.89 bits per heavy atom. The number of carbonyl (C=O) groups is 1. The van der Waals surface area contributed by atoms with Crippen LogP contribution < -0.4 is 4.90 Å². The molecule has 35 heavy (non-hydrogen) atoms. The number of imidazole rings is 1. The van der Waals surface area contributed by atoms with Gasteiger partial charge in [-0.1, -0.05) is 6.07 Å². The van der Waals surface area contributed by atoms with Gasteiger partial charge in [0.2, 0.25) is 5.91 Å². The SMILES string of the molecule is CC(=O)N1CCn2c(C3CC3)nc(N3CCCc4cc(-c5cncc(S(C)(=O)=O)c5)ccc43)c2C1. The van der Waals surface area contributed by atoms with E-state index in [-0.39, 0.29) is 10.8 Å². The van der Waals surface area contributed by atoms with E-state index in [1.54, 1.807) is 19.2 Å². The van der Waals surface area contributed by atoms with Crippen molar-refractivity contribution in [1.29, 1.82) is 0 Å². The fourth-order valence-electron chi connectivity index (χ4n) is 5.29. The topological polar surface area (TPSA) is 88.4 Å². The maximum absolute atomic E-state index is 12.1. The zero-order valence-electron chi connectivity index (χ0n) is 20.1. The Morgan fingerprint density at radius 3 is 2.63 bits per heavy atom. The Labute approximate surface area is 205 Å². The van der Waals surface area contributed by atoms with E-state index in [1.165, 1.54) is 36.7 Å². The summed E-state index contributed by atoms with van der Waals surface area (Å²) in [5.41, 5.74) is 5.23. The highest BCUT2D eigenvalue weighted by Gasteiger charge is 2.36. The van der Waals surface area contributed by atoms with E-state index >= 15 is 0 Å². The summed E-state index contributed by atoms with van der Waals surface area (Å²) < 4.78 is 26.4. The molecule has 1 aliphatic carbocycles. The van der Waals surface area contributed by atoms with Gasteiger partial charge in [-0.3, -0.25) is 9.78 Å². The maximum atomic E-state index is 12.1. The third-order valence-electron chi connectivity index (χ3n) is 7.33. The summed E-state index contributed by atoms with van der Waals surface area (Å²) in [5.74, 6) is 2.79. The molecule has 2 aliphatic heterocycles. The average molecular weight is 492 g/mol. The van der Waals surface area contributed by atoms with Gasteiger partial charge in [0.1, 0.15) is 5.82 Å². The highest BCUT2D eigenvalue weighted by Crippen LogP contribution is 2.44. The number of fused-ring (bicyclic) bond motifs is 2. The molecule has 2 aromatic heterocycles. The normalized spacial score (nSPS) is 17.8. The molecule has 0 radical (unpaired) electrons. The zero-order valence-corrected chi connectivity index (χ0v) is 20.9. The quantitative estimate of drug-likeness (QED) is 0.553. The molecule has 182 valence electrons. The van der Waals surface area contributed by atoms with Gasteiger partial charge in [0, 0.05) is 62.4 Å². The Kier molecular flexibility index (Phi) is 5.21. The van der Waals surface area contributed by atoms with E-state index in [4.69, 9.17) is 4.98 Å². The van der Waals surface area contributed by atoms with E-state index in [1.807, 2.05) is 11.0 Å². The molecule has 0 atom stereocenters. The van der Waals surface area contributed by atoms with E-state index in [0.717, 1.165) is 60.8 Å². The summed E-state index contributed by atoms with van der Waals surface area (Å²) in [5, 5.41) is 0. The molecule has 1 aromatic carbocycles. The number of aromatic nitrogens is 3. The van der Waals surface area contributed by atoms with Crippen molar-refractivity contribution in [3.63, 3.8) is 0 Å². The standard InChI is InChI=1S/C26H29N5O3S/c1-17(32)29-10-11-31-24(16-29)26(28-25(31)18-5-6-18)30-9-3-4-20-12-19(7-8-23(20)30)21-13-22(15-27-14-21)35(2,33)34/h7-8,12-15,18H,3-6,9-11,16H2,1-2H3. The number of carbonyl (C=O) groups excluding carboxylic acids is 1. The molecule has 0 spiro atoms. The van der Waals surface area contributed by atoms with Crippen molar-refractivity contribution in [3.8, 4) is 11.1 Å². The van der Waals surface area contributed by atoms with Crippen LogP contribution in [0.4, 0.5) is 11.5 Å². The first-order valence-electron chi connectivity index (χ1n) is 12.2. The van der Waals surface area contributed by atoms with Crippen molar-refractivity contribution in [3.05, 3.63) is 53.7 Å². The minimum Gasteiger partial charge on any atom is -0.335 e. The maximum Gasteiger partial charge on any atom is 0.219 e. The van der Waals surface area contributed by atoms with Crippen LogP contribution in [-0.2, 0) is 34.1 Å². The van der Waals surface area contributed by atoms with Gasteiger partial charge in [-0.2, -0.15) is 0 Å². The first-order valence-corrected chi connectivity index (χ1v) is 14.1. The van der Waals surface area contributed by atoms with Crippen LogP contribution in [0, 0.1) is 0 Å². The van der Waals surface area contributed by atoms with Gasteiger partial charge in [-0.15, -0.1) is 0 Å². The van der Waals surface area contributed by atoms with Crippen LogP contribution in [0.1, 0.15) is 49.2 Å². The molecule has 6 rings (SSSR count). The molecular weight excluding hydrogens is 462 g/mol. The van der Waals surface area contributed by atoms with Crippen LogP contribution in [0.15, 0.2) is 41.6 Å². The Morgan fingerprint density at radius 1 is 1.06 bits per heavy atom. The number of sulfone groups is 1. The van der Waals surface area contributed by atoms with Gasteiger partial charge in [0.15, 0.2) is 15.7 Å². The summed E-state index contributed by atoms with van der Waals surface area (Å²) in [6.07, 6.45) is 8.63. The Bertz CT molecular complexity index is 1440. The van der Waals surface area contributed by atoms with Crippen LogP contribution in [0.5, 0.6) is 0 Å². The van der Waals surface area contributed by atoms with Crippen LogP contribution in [0.3, 0.4) is 0 Å². The van der Waals surface area contributed by atoms with Crippen molar-refractivity contribution < 1.29 is 13.2 Å². The van der Waals surface area contributed by atoms with Crippen molar-refractivity contribution >= 4 is 27.2 Å². The lowest BCUT2D eigenvalue weighted by Gasteiger charge is -2.33. The summed E-state index contributed by atoms with van der Waals surface area (Å²) in [4.78, 5) is 25.9. The molecule has 8 nitrogen and oxygen atoms in total. The van der Waals surface area contributed by atoms with Crippen LogP contribution in [0.2, 0.25) is 0 Å². The second-order valence-electron chi connectivity index (χ2n) is 9.89. The summed E-state index contributed by atoms with van der Waals surface area (Å²) in [6, 6.07) is 7.99. The highest BCUT2D eigenvalue weighted by atomic mass is 32.2. The first-order chi connectivity index (χ1) is 16.8. The minimum absolute atomic E-state index is 0.102. The molecule has 0 saturated heterocycles. The second kappa shape index (κ2) is 8.19. The van der Waals surface area contributed by atoms with E-state index in [2.05, 4.69) is 26.6 Å². The molecule has 4 heterocycles. The zero-order chi connectivity index (χ0) is 24.3. The number of hydrogen-bond acceptors (Lipinski definition) is 6. The third-order valence-corrected chi connectivity index (χ3v) is 8.41. The van der Waals surface area contributed by atoms with E-state index < -0.39 is 9.84 Å². The number of aryl methyl sites for hydroxylation is 1. The Hall–Kier alpha value is -3.20. The van der Waals surface area contributed by atoms with Gasteiger partial charge in [0.05, 0.1) is 17.1 Å². The lowest BCUT2D eigenvalue weighted by Crippen LogP contribution is -2.38. The Balaban J connectivity index is 1.40. The van der Waals surface area contributed by atoms with Gasteiger partial charge in [-0.05, 0) is 55.0 Å². The molecule has 0 bridgehead atoms. The number of benzene rings is 1. The summed E-state index contributed by atoms with van der Waals surface area (Å²) in [6.45, 7) is 4.65. The molecule has 0 unspecified atom stereocenters. The second-order valence-corrected chi connectivity index (χ2v) is 11.9. The van der Waals surface area contributed by atoms with E-state index in [0.29, 0.717) is 12.5 Å². The van der Waals surface area contributed by atoms with Gasteiger partial charge >= 0.3 is 0 Å². The van der Waals surface area contributed by atoms with Gasteiger partial charge < -0.3 is 14.4 Å². The largest absolute Gasteiger partial charge is 0.335 e. The molecule has 1 amide bonds. The summed E-state index contributed by atoms with van der Waals surface area (Å²) >= 11 is 0. The van der Waals surface area contributed by atoms with Crippen molar-refractivity contribution in [2.75, 3.05) is 24.2 Å². The molecule has 1 saturated carbocycles. The van der Waals surface area contributed by atoms with Gasteiger partial charge in [-0.25, -0.2) is 13.4 Å². The predicted octanol–water partition coefficient (Wildman–Crippen LogP) is 3.67. The average Bonchev–Trinajstić information content (AvgIpc) is 3.63. The molecule has 3 aliphatic rings. The van der Waals surface area contributed by atoms with E-state index in [9.17, 15) is 13.2 Å². The molecule has 9 heteroatoms. The van der Waals surface area contributed by atoms with Crippen molar-refractivity contribution in [2.45, 2.75) is 56.5 Å². The van der Waals surface area contributed by atoms with Crippen molar-refractivity contribution in [2.24, 2.45) is 0 Å². The van der Waals surface area contributed by atoms with Crippen LogP contribution in [-0.4, -0.2) is 53.1 Å². The smallest absolute Gasteiger partial charge is 0.219 e. The number of amides is 1. The predicted molar refractivity (Wildman–Crippen MR) is 133 cm³/mol. The molecule has 1 fully saturated rings. The molecular formula is C26H29N5O3S. The van der Waals surface area contributed by atoms with Crippen molar-refractivity contribution in [1.82, 2.24) is 19.4 Å². The first kappa shape index (κ1) is 22.3. The lowest BCUT2D eigenvalue weighted by atomic mass is 9.96.